The summed E-state index contributed by atoms with van der Waals surface area (Å²) < 4.78 is 10.0. The van der Waals surface area contributed by atoms with Gasteiger partial charge in [0, 0.05) is 12.1 Å². The SMILES string of the molecule is COc1ccccc1CNC(=O)CO[C@H](C)C(=O)O. The second-order valence-electron chi connectivity index (χ2n) is 3.88. The molecule has 1 amide bonds. The molecule has 0 aliphatic heterocycles. The molecule has 1 aromatic carbocycles. The highest BCUT2D eigenvalue weighted by Gasteiger charge is 2.13. The Hall–Kier alpha value is -2.08. The summed E-state index contributed by atoms with van der Waals surface area (Å²) in [5, 5.41) is 11.2. The number of carbonyl (C=O) groups excluding carboxylic acids is 1. The Kier molecular flexibility index (Phi) is 5.81. The normalized spacial score (nSPS) is 11.7. The van der Waals surface area contributed by atoms with Gasteiger partial charge in [-0.1, -0.05) is 18.2 Å². The van der Waals surface area contributed by atoms with Gasteiger partial charge in [0.2, 0.25) is 5.91 Å². The van der Waals surface area contributed by atoms with E-state index < -0.39 is 12.1 Å². The van der Waals surface area contributed by atoms with Gasteiger partial charge in [-0.15, -0.1) is 0 Å². The monoisotopic (exact) mass is 267 g/mol. The van der Waals surface area contributed by atoms with Gasteiger partial charge in [0.05, 0.1) is 7.11 Å². The molecule has 2 N–H and O–H groups in total. The van der Waals surface area contributed by atoms with Crippen LogP contribution < -0.4 is 10.1 Å². The van der Waals surface area contributed by atoms with Crippen LogP contribution in [-0.4, -0.2) is 36.8 Å². The van der Waals surface area contributed by atoms with Gasteiger partial charge in [0.1, 0.15) is 12.4 Å². The van der Waals surface area contributed by atoms with Gasteiger partial charge in [0.25, 0.3) is 0 Å². The number of hydrogen-bond donors (Lipinski definition) is 2. The van der Waals surface area contributed by atoms with Crippen LogP contribution in [0.1, 0.15) is 12.5 Å². The van der Waals surface area contributed by atoms with Crippen molar-refractivity contribution in [1.29, 1.82) is 0 Å². The summed E-state index contributed by atoms with van der Waals surface area (Å²) in [6.45, 7) is 1.38. The Morgan fingerprint density at radius 1 is 1.37 bits per heavy atom. The predicted octanol–water partition coefficient (Wildman–Crippen LogP) is 0.801. The number of carbonyl (C=O) groups is 2. The molecule has 6 nitrogen and oxygen atoms in total. The number of benzene rings is 1. The summed E-state index contributed by atoms with van der Waals surface area (Å²) in [5.41, 5.74) is 0.838. The molecule has 0 aliphatic rings. The highest BCUT2D eigenvalue weighted by atomic mass is 16.5. The lowest BCUT2D eigenvalue weighted by Gasteiger charge is -2.11. The van der Waals surface area contributed by atoms with Gasteiger partial charge < -0.3 is 19.9 Å². The third kappa shape index (κ3) is 4.97. The van der Waals surface area contributed by atoms with Gasteiger partial charge in [-0.3, -0.25) is 4.79 Å². The highest BCUT2D eigenvalue weighted by Crippen LogP contribution is 2.16. The minimum atomic E-state index is -1.10. The Bertz CT molecular complexity index is 446. The fourth-order valence-electron chi connectivity index (χ4n) is 1.37. The molecule has 0 saturated heterocycles. The second-order valence-corrected chi connectivity index (χ2v) is 3.88. The van der Waals surface area contributed by atoms with Crippen LogP contribution in [0, 0.1) is 0 Å². The van der Waals surface area contributed by atoms with Crippen LogP contribution in [0.15, 0.2) is 24.3 Å². The molecule has 0 spiro atoms. The van der Waals surface area contributed by atoms with Gasteiger partial charge in [-0.2, -0.15) is 0 Å². The van der Waals surface area contributed by atoms with Crippen LogP contribution in [-0.2, 0) is 20.9 Å². The van der Waals surface area contributed by atoms with E-state index in [4.69, 9.17) is 14.6 Å². The third-order valence-corrected chi connectivity index (χ3v) is 2.48. The first-order valence-electron chi connectivity index (χ1n) is 5.77. The van der Waals surface area contributed by atoms with Crippen molar-refractivity contribution >= 4 is 11.9 Å². The summed E-state index contributed by atoms with van der Waals surface area (Å²) in [4.78, 5) is 22.0. The molecule has 0 unspecified atom stereocenters. The molecule has 6 heteroatoms. The van der Waals surface area contributed by atoms with E-state index in [1.54, 1.807) is 13.2 Å². The van der Waals surface area contributed by atoms with Crippen LogP contribution in [0.5, 0.6) is 5.75 Å². The van der Waals surface area contributed by atoms with E-state index in [9.17, 15) is 9.59 Å². The fourth-order valence-corrected chi connectivity index (χ4v) is 1.37. The molecule has 0 aliphatic carbocycles. The van der Waals surface area contributed by atoms with E-state index in [2.05, 4.69) is 5.32 Å². The fraction of sp³-hybridized carbons (Fsp3) is 0.385. The Balaban J connectivity index is 2.40. The molecule has 0 aromatic heterocycles. The average Bonchev–Trinajstić information content (AvgIpc) is 2.42. The smallest absolute Gasteiger partial charge is 0.332 e. The van der Waals surface area contributed by atoms with E-state index in [0.717, 1.165) is 5.56 Å². The van der Waals surface area contributed by atoms with Crippen LogP contribution >= 0.6 is 0 Å². The molecule has 1 atom stereocenters. The number of nitrogens with one attached hydrogen (secondary N) is 1. The lowest BCUT2D eigenvalue weighted by molar-refractivity contribution is -0.150. The van der Waals surface area contributed by atoms with E-state index >= 15 is 0 Å². The van der Waals surface area contributed by atoms with E-state index in [1.165, 1.54) is 6.92 Å². The molecule has 0 fully saturated rings. The average molecular weight is 267 g/mol. The molecule has 19 heavy (non-hydrogen) atoms. The maximum absolute atomic E-state index is 11.5. The molecule has 0 bridgehead atoms. The molecular weight excluding hydrogens is 250 g/mol. The second kappa shape index (κ2) is 7.38. The van der Waals surface area contributed by atoms with Gasteiger partial charge in [0.15, 0.2) is 6.10 Å². The van der Waals surface area contributed by atoms with Crippen molar-refractivity contribution in [2.75, 3.05) is 13.7 Å². The highest BCUT2D eigenvalue weighted by molar-refractivity contribution is 5.78. The summed E-state index contributed by atoms with van der Waals surface area (Å²) in [5.74, 6) is -0.792. The minimum Gasteiger partial charge on any atom is -0.496 e. The number of para-hydroxylation sites is 1. The first kappa shape index (κ1) is 15.0. The molecular formula is C13H17NO5. The maximum atomic E-state index is 11.5. The van der Waals surface area contributed by atoms with E-state index in [-0.39, 0.29) is 12.5 Å². The van der Waals surface area contributed by atoms with Crippen molar-refractivity contribution in [3.05, 3.63) is 29.8 Å². The number of aliphatic carboxylic acids is 1. The first-order chi connectivity index (χ1) is 9.04. The van der Waals surface area contributed by atoms with Crippen molar-refractivity contribution in [3.63, 3.8) is 0 Å². The number of amides is 1. The van der Waals surface area contributed by atoms with Crippen LogP contribution in [0.3, 0.4) is 0 Å². The van der Waals surface area contributed by atoms with Gasteiger partial charge in [-0.05, 0) is 13.0 Å². The summed E-state index contributed by atoms with van der Waals surface area (Å²) >= 11 is 0. The Morgan fingerprint density at radius 2 is 2.05 bits per heavy atom. The quantitative estimate of drug-likeness (QED) is 0.763. The summed E-state index contributed by atoms with van der Waals surface area (Å²) in [6, 6.07) is 7.30. The Labute approximate surface area is 111 Å². The zero-order chi connectivity index (χ0) is 14.3. The predicted molar refractivity (Wildman–Crippen MR) is 67.9 cm³/mol. The molecule has 1 rings (SSSR count). The topological polar surface area (TPSA) is 84.9 Å². The minimum absolute atomic E-state index is 0.289. The lowest BCUT2D eigenvalue weighted by atomic mass is 10.2. The zero-order valence-corrected chi connectivity index (χ0v) is 10.9. The van der Waals surface area contributed by atoms with Gasteiger partial charge >= 0.3 is 5.97 Å². The number of carboxylic acids is 1. The number of carboxylic acid groups (broad SMARTS) is 1. The van der Waals surface area contributed by atoms with Crippen LogP contribution in [0.25, 0.3) is 0 Å². The van der Waals surface area contributed by atoms with Crippen LogP contribution in [0.4, 0.5) is 0 Å². The molecule has 104 valence electrons. The third-order valence-electron chi connectivity index (χ3n) is 2.48. The number of rotatable bonds is 7. The lowest BCUT2D eigenvalue weighted by Crippen LogP contribution is -2.31. The largest absolute Gasteiger partial charge is 0.496 e. The van der Waals surface area contributed by atoms with Crippen molar-refractivity contribution in [3.8, 4) is 5.75 Å². The van der Waals surface area contributed by atoms with Crippen molar-refractivity contribution in [2.45, 2.75) is 19.6 Å². The standard InChI is InChI=1S/C13H17NO5/c1-9(13(16)17)19-8-12(15)14-7-10-5-3-4-6-11(10)18-2/h3-6,9H,7-8H2,1-2H3,(H,14,15)(H,16,17)/t9-/m1/s1. The zero-order valence-electron chi connectivity index (χ0n) is 10.9. The van der Waals surface area contributed by atoms with Crippen molar-refractivity contribution < 1.29 is 24.2 Å². The maximum Gasteiger partial charge on any atom is 0.332 e. The molecule has 0 heterocycles. The Morgan fingerprint density at radius 3 is 2.68 bits per heavy atom. The molecule has 0 radical (unpaired) electrons. The summed E-state index contributed by atoms with van der Waals surface area (Å²) in [6.07, 6.45) is -1.00. The number of ether oxygens (including phenoxy) is 2. The van der Waals surface area contributed by atoms with Crippen LogP contribution in [0.2, 0.25) is 0 Å². The molecule has 0 saturated carbocycles. The first-order valence-corrected chi connectivity index (χ1v) is 5.77. The summed E-state index contributed by atoms with van der Waals surface area (Å²) in [7, 11) is 1.55. The van der Waals surface area contributed by atoms with E-state index in [0.29, 0.717) is 12.3 Å². The van der Waals surface area contributed by atoms with Crippen molar-refractivity contribution in [2.24, 2.45) is 0 Å². The van der Waals surface area contributed by atoms with E-state index in [1.807, 2.05) is 18.2 Å². The van der Waals surface area contributed by atoms with Gasteiger partial charge in [-0.25, -0.2) is 4.79 Å². The number of methoxy groups -OCH3 is 1. The van der Waals surface area contributed by atoms with Crippen molar-refractivity contribution in [1.82, 2.24) is 5.32 Å². The molecule has 1 aromatic rings. The number of hydrogen-bond acceptors (Lipinski definition) is 4.